The Kier molecular flexibility index (Phi) is 7.96. The summed E-state index contributed by atoms with van der Waals surface area (Å²) < 4.78 is 4.87. The third-order valence-electron chi connectivity index (χ3n) is 3.65. The predicted molar refractivity (Wildman–Crippen MR) is 99.7 cm³/mol. The largest absolute Gasteiger partial charge is 0.478 e. The molecule has 0 radical (unpaired) electrons. The highest BCUT2D eigenvalue weighted by atomic mass is 16.6. The van der Waals surface area contributed by atoms with E-state index >= 15 is 0 Å². The molecule has 0 fully saturated rings. The predicted octanol–water partition coefficient (Wildman–Crippen LogP) is 3.28. The average molecular weight is 370 g/mol. The van der Waals surface area contributed by atoms with Crippen molar-refractivity contribution in [3.05, 3.63) is 65.5 Å². The number of nitrogens with zero attached hydrogens (tertiary/aromatic N) is 2. The van der Waals surface area contributed by atoms with E-state index in [9.17, 15) is 14.7 Å². The summed E-state index contributed by atoms with van der Waals surface area (Å²) in [5.74, 6) is -1.23. The fourth-order valence-electron chi connectivity index (χ4n) is 2.35. The van der Waals surface area contributed by atoms with Gasteiger partial charge in [-0.05, 0) is 44.0 Å². The van der Waals surface area contributed by atoms with Gasteiger partial charge >= 0.3 is 11.9 Å². The summed E-state index contributed by atoms with van der Waals surface area (Å²) in [6, 6.07) is 10.1. The third kappa shape index (κ3) is 6.54. The quantitative estimate of drug-likeness (QED) is 0.298. The Labute approximate surface area is 157 Å². The van der Waals surface area contributed by atoms with Crippen LogP contribution in [-0.2, 0) is 14.4 Å². The molecular weight excluding hydrogens is 348 g/mol. The standard InChI is InChI=1S/C20H22N2O5/c1-2-26-18(23)10-3-4-12-27-22-19(17-9-6-11-21-14-17)15-7-5-8-16(13-15)20(24)25/h5-9,11,13-14H,2-4,10,12H2,1H3,(H,24,25)/b22-19-. The molecule has 1 N–H and O–H groups in total. The van der Waals surface area contributed by atoms with Crippen LogP contribution in [0.5, 0.6) is 0 Å². The number of rotatable bonds is 10. The number of esters is 1. The van der Waals surface area contributed by atoms with Gasteiger partial charge in [-0.2, -0.15) is 0 Å². The van der Waals surface area contributed by atoms with Gasteiger partial charge in [-0.1, -0.05) is 17.3 Å². The molecule has 0 saturated carbocycles. The van der Waals surface area contributed by atoms with Crippen LogP contribution in [0.25, 0.3) is 0 Å². The van der Waals surface area contributed by atoms with Gasteiger partial charge in [0, 0.05) is 29.9 Å². The molecule has 0 atom stereocenters. The SMILES string of the molecule is CCOC(=O)CCCCO/N=C(\c1cccnc1)c1cccc(C(=O)O)c1. The molecule has 1 aromatic carbocycles. The number of hydrogen-bond donors (Lipinski definition) is 1. The van der Waals surface area contributed by atoms with E-state index in [1.807, 2.05) is 6.07 Å². The van der Waals surface area contributed by atoms with Crippen LogP contribution >= 0.6 is 0 Å². The van der Waals surface area contributed by atoms with Gasteiger partial charge in [-0.3, -0.25) is 9.78 Å². The lowest BCUT2D eigenvalue weighted by atomic mass is 10.0. The average Bonchev–Trinajstić information content (AvgIpc) is 2.68. The molecule has 1 heterocycles. The van der Waals surface area contributed by atoms with Gasteiger partial charge in [0.1, 0.15) is 12.3 Å². The van der Waals surface area contributed by atoms with Crippen molar-refractivity contribution >= 4 is 17.7 Å². The molecule has 7 heteroatoms. The minimum absolute atomic E-state index is 0.165. The molecule has 142 valence electrons. The minimum atomic E-state index is -1.01. The van der Waals surface area contributed by atoms with E-state index in [2.05, 4.69) is 10.1 Å². The lowest BCUT2D eigenvalue weighted by Crippen LogP contribution is -2.08. The maximum absolute atomic E-state index is 11.3. The second-order valence-corrected chi connectivity index (χ2v) is 5.66. The number of carbonyl (C=O) groups is 2. The van der Waals surface area contributed by atoms with Crippen molar-refractivity contribution in [3.63, 3.8) is 0 Å². The van der Waals surface area contributed by atoms with E-state index in [1.54, 1.807) is 37.5 Å². The molecule has 0 spiro atoms. The summed E-state index contributed by atoms with van der Waals surface area (Å²) >= 11 is 0. The number of oxime groups is 1. The molecular formula is C20H22N2O5. The second-order valence-electron chi connectivity index (χ2n) is 5.66. The van der Waals surface area contributed by atoms with Gasteiger partial charge in [-0.25, -0.2) is 4.79 Å². The number of aromatic carboxylic acids is 1. The first-order valence-electron chi connectivity index (χ1n) is 8.71. The number of unbranched alkanes of at least 4 members (excludes halogenated alkanes) is 1. The van der Waals surface area contributed by atoms with E-state index in [0.29, 0.717) is 49.3 Å². The molecule has 2 rings (SSSR count). The van der Waals surface area contributed by atoms with E-state index in [-0.39, 0.29) is 11.5 Å². The summed E-state index contributed by atoms with van der Waals surface area (Å²) in [7, 11) is 0. The van der Waals surface area contributed by atoms with Crippen molar-refractivity contribution in [1.29, 1.82) is 0 Å². The monoisotopic (exact) mass is 370 g/mol. The summed E-state index contributed by atoms with van der Waals surface area (Å²) in [6.45, 7) is 2.49. The van der Waals surface area contributed by atoms with Crippen LogP contribution in [0.3, 0.4) is 0 Å². The number of carboxylic acid groups (broad SMARTS) is 1. The van der Waals surface area contributed by atoms with Gasteiger partial charge in [0.2, 0.25) is 0 Å². The van der Waals surface area contributed by atoms with Crippen molar-refractivity contribution in [2.24, 2.45) is 5.16 Å². The van der Waals surface area contributed by atoms with Crippen LogP contribution < -0.4 is 0 Å². The molecule has 1 aromatic heterocycles. The zero-order chi connectivity index (χ0) is 19.5. The molecule has 0 aliphatic rings. The highest BCUT2D eigenvalue weighted by Crippen LogP contribution is 2.13. The van der Waals surface area contributed by atoms with Crippen molar-refractivity contribution in [2.75, 3.05) is 13.2 Å². The maximum atomic E-state index is 11.3. The Morgan fingerprint density at radius 3 is 2.59 bits per heavy atom. The maximum Gasteiger partial charge on any atom is 0.335 e. The highest BCUT2D eigenvalue weighted by Gasteiger charge is 2.11. The Balaban J connectivity index is 2.05. The lowest BCUT2D eigenvalue weighted by molar-refractivity contribution is -0.143. The highest BCUT2D eigenvalue weighted by molar-refractivity contribution is 6.13. The van der Waals surface area contributed by atoms with Crippen LogP contribution in [0, 0.1) is 0 Å². The summed E-state index contributed by atoms with van der Waals surface area (Å²) in [6.07, 6.45) is 4.92. The molecule has 0 unspecified atom stereocenters. The van der Waals surface area contributed by atoms with Crippen molar-refractivity contribution in [2.45, 2.75) is 26.2 Å². The van der Waals surface area contributed by atoms with E-state index < -0.39 is 5.97 Å². The molecule has 0 aliphatic heterocycles. The minimum Gasteiger partial charge on any atom is -0.478 e. The summed E-state index contributed by atoms with van der Waals surface area (Å²) in [4.78, 5) is 32.0. The Morgan fingerprint density at radius 1 is 1.11 bits per heavy atom. The lowest BCUT2D eigenvalue weighted by Gasteiger charge is -2.08. The second kappa shape index (κ2) is 10.7. The number of pyridine rings is 1. The van der Waals surface area contributed by atoms with Crippen LogP contribution in [0.1, 0.15) is 47.7 Å². The zero-order valence-electron chi connectivity index (χ0n) is 15.1. The molecule has 0 aliphatic carbocycles. The van der Waals surface area contributed by atoms with Crippen LogP contribution in [0.2, 0.25) is 0 Å². The fourth-order valence-corrected chi connectivity index (χ4v) is 2.35. The first kappa shape index (κ1) is 20.1. The Morgan fingerprint density at radius 2 is 1.89 bits per heavy atom. The van der Waals surface area contributed by atoms with Crippen molar-refractivity contribution < 1.29 is 24.3 Å². The van der Waals surface area contributed by atoms with E-state index in [0.717, 1.165) is 0 Å². The summed E-state index contributed by atoms with van der Waals surface area (Å²) in [5, 5.41) is 13.4. The molecule has 7 nitrogen and oxygen atoms in total. The number of aromatic nitrogens is 1. The van der Waals surface area contributed by atoms with Gasteiger partial charge in [0.05, 0.1) is 12.2 Å². The first-order valence-corrected chi connectivity index (χ1v) is 8.71. The van der Waals surface area contributed by atoms with Crippen molar-refractivity contribution in [3.8, 4) is 0 Å². The molecule has 2 aromatic rings. The number of benzene rings is 1. The smallest absolute Gasteiger partial charge is 0.335 e. The normalized spacial score (nSPS) is 11.1. The van der Waals surface area contributed by atoms with E-state index in [1.165, 1.54) is 12.1 Å². The fraction of sp³-hybridized carbons (Fsp3) is 0.300. The molecule has 0 saturated heterocycles. The van der Waals surface area contributed by atoms with E-state index in [4.69, 9.17) is 9.57 Å². The molecule has 27 heavy (non-hydrogen) atoms. The van der Waals surface area contributed by atoms with Crippen LogP contribution in [0.4, 0.5) is 0 Å². The van der Waals surface area contributed by atoms with Crippen LogP contribution in [0.15, 0.2) is 53.9 Å². The topological polar surface area (TPSA) is 98.1 Å². The molecule has 0 amide bonds. The van der Waals surface area contributed by atoms with Gasteiger partial charge in [0.25, 0.3) is 0 Å². The number of ether oxygens (including phenoxy) is 1. The third-order valence-corrected chi connectivity index (χ3v) is 3.65. The number of hydrogen-bond acceptors (Lipinski definition) is 6. The van der Waals surface area contributed by atoms with Gasteiger partial charge in [0.15, 0.2) is 0 Å². The summed E-state index contributed by atoms with van der Waals surface area (Å²) in [5.41, 5.74) is 2.00. The van der Waals surface area contributed by atoms with Crippen molar-refractivity contribution in [1.82, 2.24) is 4.98 Å². The Bertz CT molecular complexity index is 790. The first-order chi connectivity index (χ1) is 13.1. The number of carboxylic acids is 1. The Hall–Kier alpha value is -3.22. The van der Waals surface area contributed by atoms with Gasteiger partial charge < -0.3 is 14.7 Å². The number of carbonyl (C=O) groups excluding carboxylic acids is 1. The van der Waals surface area contributed by atoms with Crippen LogP contribution in [-0.4, -0.2) is 41.0 Å². The van der Waals surface area contributed by atoms with Gasteiger partial charge in [-0.15, -0.1) is 0 Å². The molecule has 0 bridgehead atoms. The zero-order valence-corrected chi connectivity index (χ0v) is 15.1.